The van der Waals surface area contributed by atoms with Crippen LogP contribution in [0.3, 0.4) is 0 Å². The van der Waals surface area contributed by atoms with Gasteiger partial charge in [0.15, 0.2) is 0 Å². The second-order valence-corrected chi connectivity index (χ2v) is 7.20. The summed E-state index contributed by atoms with van der Waals surface area (Å²) < 4.78 is 1.10. The highest BCUT2D eigenvalue weighted by atomic mass is 32.1. The fourth-order valence-electron chi connectivity index (χ4n) is 2.88. The number of hydrogen-bond acceptors (Lipinski definition) is 5. The summed E-state index contributed by atoms with van der Waals surface area (Å²) in [6.45, 7) is 0. The molecule has 27 heavy (non-hydrogen) atoms. The molecule has 1 aliphatic heterocycles. The van der Waals surface area contributed by atoms with Gasteiger partial charge in [-0.1, -0.05) is 24.3 Å². The van der Waals surface area contributed by atoms with Gasteiger partial charge in [-0.15, -0.1) is 11.3 Å². The Morgan fingerprint density at radius 1 is 1.15 bits per heavy atom. The highest BCUT2D eigenvalue weighted by molar-refractivity contribution is 7.21. The first-order chi connectivity index (χ1) is 13.1. The van der Waals surface area contributed by atoms with Crippen LogP contribution in [-0.4, -0.2) is 28.9 Å². The average molecular weight is 380 g/mol. The Labute approximate surface area is 158 Å². The minimum absolute atomic E-state index is 0.114. The van der Waals surface area contributed by atoms with E-state index in [0.29, 0.717) is 5.69 Å². The standard InChI is InChI=1S/C19H16N4O3S/c24-16-9-8-14(22-19(26)23-16)17(25)20-12-5-3-4-11(10-12)18-21-13-6-1-2-7-15(13)27-18/h1-7,10,14H,8-9H2,(H,20,25)(H2,22,23,24,26)/t14-/m1/s1. The van der Waals surface area contributed by atoms with Crippen molar-refractivity contribution in [3.8, 4) is 10.6 Å². The van der Waals surface area contributed by atoms with Crippen LogP contribution in [-0.2, 0) is 9.59 Å². The van der Waals surface area contributed by atoms with E-state index in [9.17, 15) is 14.4 Å². The van der Waals surface area contributed by atoms with Crippen molar-refractivity contribution in [1.29, 1.82) is 0 Å². The second-order valence-electron chi connectivity index (χ2n) is 6.17. The first-order valence-electron chi connectivity index (χ1n) is 8.46. The maximum Gasteiger partial charge on any atom is 0.322 e. The van der Waals surface area contributed by atoms with Gasteiger partial charge >= 0.3 is 6.03 Å². The van der Waals surface area contributed by atoms with Gasteiger partial charge in [-0.25, -0.2) is 9.78 Å². The molecular formula is C19H16N4O3S. The first kappa shape index (κ1) is 17.2. The van der Waals surface area contributed by atoms with Crippen molar-refractivity contribution in [1.82, 2.24) is 15.6 Å². The van der Waals surface area contributed by atoms with E-state index in [2.05, 4.69) is 20.9 Å². The Kier molecular flexibility index (Phi) is 4.55. The van der Waals surface area contributed by atoms with Gasteiger partial charge in [0.1, 0.15) is 11.0 Å². The summed E-state index contributed by atoms with van der Waals surface area (Å²) in [5.74, 6) is -0.748. The molecule has 0 aliphatic carbocycles. The quantitative estimate of drug-likeness (QED) is 0.650. The van der Waals surface area contributed by atoms with Gasteiger partial charge in [0.05, 0.1) is 10.2 Å². The van der Waals surface area contributed by atoms with Crippen LogP contribution in [0.4, 0.5) is 10.5 Å². The molecule has 136 valence electrons. The van der Waals surface area contributed by atoms with E-state index in [1.54, 1.807) is 17.4 Å². The number of hydrogen-bond donors (Lipinski definition) is 3. The van der Waals surface area contributed by atoms with Crippen LogP contribution in [0.15, 0.2) is 48.5 Å². The molecule has 0 saturated carbocycles. The average Bonchev–Trinajstić information content (AvgIpc) is 3.01. The number of nitrogens with zero attached hydrogens (tertiary/aromatic N) is 1. The molecule has 3 aromatic rings. The summed E-state index contributed by atoms with van der Waals surface area (Å²) in [6, 6.07) is 13.9. The number of thiazole rings is 1. The second kappa shape index (κ2) is 7.16. The summed E-state index contributed by atoms with van der Waals surface area (Å²) in [6.07, 6.45) is 0.365. The molecule has 4 amide bonds. The zero-order chi connectivity index (χ0) is 18.8. The van der Waals surface area contributed by atoms with Gasteiger partial charge in [0, 0.05) is 17.7 Å². The smallest absolute Gasteiger partial charge is 0.322 e. The van der Waals surface area contributed by atoms with E-state index in [0.717, 1.165) is 20.8 Å². The molecule has 7 nitrogen and oxygen atoms in total. The number of nitrogens with one attached hydrogen (secondary N) is 3. The third kappa shape index (κ3) is 3.80. The number of rotatable bonds is 3. The largest absolute Gasteiger partial charge is 0.326 e. The predicted octanol–water partition coefficient (Wildman–Crippen LogP) is 2.89. The van der Waals surface area contributed by atoms with E-state index >= 15 is 0 Å². The minimum Gasteiger partial charge on any atom is -0.326 e. The van der Waals surface area contributed by atoms with E-state index in [4.69, 9.17) is 0 Å². The Morgan fingerprint density at radius 3 is 2.85 bits per heavy atom. The molecule has 4 rings (SSSR count). The highest BCUT2D eigenvalue weighted by Gasteiger charge is 2.26. The lowest BCUT2D eigenvalue weighted by atomic mass is 10.1. The molecule has 1 saturated heterocycles. The van der Waals surface area contributed by atoms with Crippen LogP contribution in [0.2, 0.25) is 0 Å². The number of aromatic nitrogens is 1. The van der Waals surface area contributed by atoms with Gasteiger partial charge in [-0.3, -0.25) is 14.9 Å². The van der Waals surface area contributed by atoms with E-state index < -0.39 is 12.1 Å². The fraction of sp³-hybridized carbons (Fsp3) is 0.158. The molecule has 1 atom stereocenters. The Bertz CT molecular complexity index is 1010. The fourth-order valence-corrected chi connectivity index (χ4v) is 3.84. The molecule has 1 fully saturated rings. The Balaban J connectivity index is 1.53. The topological polar surface area (TPSA) is 100 Å². The molecule has 3 N–H and O–H groups in total. The number of benzene rings is 2. The first-order valence-corrected chi connectivity index (χ1v) is 9.27. The van der Waals surface area contributed by atoms with Gasteiger partial charge in [0.25, 0.3) is 0 Å². The number of anilines is 1. The van der Waals surface area contributed by atoms with E-state index in [1.165, 1.54) is 0 Å². The van der Waals surface area contributed by atoms with Crippen molar-refractivity contribution in [2.75, 3.05) is 5.32 Å². The van der Waals surface area contributed by atoms with E-state index in [1.807, 2.05) is 42.5 Å². The Hall–Kier alpha value is -3.26. The molecule has 2 aromatic carbocycles. The molecule has 8 heteroatoms. The van der Waals surface area contributed by atoms with Gasteiger partial charge in [-0.2, -0.15) is 0 Å². The molecule has 2 heterocycles. The normalized spacial score (nSPS) is 17.1. The van der Waals surface area contributed by atoms with Crippen LogP contribution >= 0.6 is 11.3 Å². The maximum absolute atomic E-state index is 12.5. The molecule has 1 aromatic heterocycles. The van der Waals surface area contributed by atoms with Crippen LogP contribution in [0.25, 0.3) is 20.8 Å². The van der Waals surface area contributed by atoms with Gasteiger partial charge in [-0.05, 0) is 30.7 Å². The number of fused-ring (bicyclic) bond motifs is 1. The van der Waals surface area contributed by atoms with Gasteiger partial charge in [0.2, 0.25) is 11.8 Å². The van der Waals surface area contributed by atoms with Crippen molar-refractivity contribution in [3.05, 3.63) is 48.5 Å². The highest BCUT2D eigenvalue weighted by Crippen LogP contribution is 2.31. The van der Waals surface area contributed by atoms with Crippen LogP contribution in [0.1, 0.15) is 12.8 Å². The molecule has 0 unspecified atom stereocenters. The van der Waals surface area contributed by atoms with Gasteiger partial charge < -0.3 is 10.6 Å². The SMILES string of the molecule is O=C1CC[C@H](C(=O)Nc2cccc(-c3nc4ccccc4s3)c2)NC(=O)N1. The molecule has 1 aliphatic rings. The third-order valence-corrected chi connectivity index (χ3v) is 5.29. The zero-order valence-corrected chi connectivity index (χ0v) is 15.0. The lowest BCUT2D eigenvalue weighted by Crippen LogP contribution is -2.46. The third-order valence-electron chi connectivity index (χ3n) is 4.21. The molecule has 0 bridgehead atoms. The summed E-state index contributed by atoms with van der Waals surface area (Å²) in [5, 5.41) is 8.33. The number of carbonyl (C=O) groups is 3. The lowest BCUT2D eigenvalue weighted by Gasteiger charge is -2.15. The summed E-state index contributed by atoms with van der Waals surface area (Å²) >= 11 is 1.58. The molecule has 0 radical (unpaired) electrons. The summed E-state index contributed by atoms with van der Waals surface area (Å²) in [5.41, 5.74) is 2.44. The number of urea groups is 1. The van der Waals surface area contributed by atoms with Crippen molar-refractivity contribution in [2.45, 2.75) is 18.9 Å². The maximum atomic E-state index is 12.5. The summed E-state index contributed by atoms with van der Waals surface area (Å²) in [7, 11) is 0. The van der Waals surface area contributed by atoms with Crippen LogP contribution in [0.5, 0.6) is 0 Å². The molecular weight excluding hydrogens is 364 g/mol. The van der Waals surface area contributed by atoms with Crippen LogP contribution in [0, 0.1) is 0 Å². The van der Waals surface area contributed by atoms with Crippen molar-refractivity contribution < 1.29 is 14.4 Å². The number of imide groups is 1. The van der Waals surface area contributed by atoms with Crippen LogP contribution < -0.4 is 16.0 Å². The van der Waals surface area contributed by atoms with Crippen molar-refractivity contribution in [3.63, 3.8) is 0 Å². The number of para-hydroxylation sites is 1. The predicted molar refractivity (Wildman–Crippen MR) is 103 cm³/mol. The minimum atomic E-state index is -0.762. The Morgan fingerprint density at radius 2 is 2.00 bits per heavy atom. The number of carbonyl (C=O) groups excluding carboxylic acids is 3. The molecule has 0 spiro atoms. The monoisotopic (exact) mass is 380 g/mol. The van der Waals surface area contributed by atoms with E-state index in [-0.39, 0.29) is 24.7 Å². The number of amides is 4. The zero-order valence-electron chi connectivity index (χ0n) is 14.2. The lowest BCUT2D eigenvalue weighted by molar-refractivity contribution is -0.120. The van der Waals surface area contributed by atoms with Crippen molar-refractivity contribution >= 4 is 45.1 Å². The summed E-state index contributed by atoms with van der Waals surface area (Å²) in [4.78, 5) is 40.1. The van der Waals surface area contributed by atoms with Crippen molar-refractivity contribution in [2.24, 2.45) is 0 Å².